The summed E-state index contributed by atoms with van der Waals surface area (Å²) < 4.78 is 17.0. The highest BCUT2D eigenvalue weighted by Crippen LogP contribution is 2.17. The van der Waals surface area contributed by atoms with Crippen molar-refractivity contribution in [2.75, 3.05) is 6.61 Å². The molecule has 0 aliphatic heterocycles. The predicted molar refractivity (Wildman–Crippen MR) is 110 cm³/mol. The number of carbonyl (C=O) groups excluding carboxylic acids is 2. The minimum absolute atomic E-state index is 0.0189. The fourth-order valence-electron chi connectivity index (χ4n) is 2.56. The van der Waals surface area contributed by atoms with Gasteiger partial charge in [0, 0.05) is 4.47 Å². The van der Waals surface area contributed by atoms with E-state index in [1.54, 1.807) is 6.07 Å². The summed E-state index contributed by atoms with van der Waals surface area (Å²) in [5, 5.41) is 2.78. The highest BCUT2D eigenvalue weighted by atomic mass is 79.9. The molecule has 1 atom stereocenters. The molecule has 3 rings (SSSR count). The third kappa shape index (κ3) is 6.22. The molecule has 29 heavy (non-hydrogen) atoms. The average Bonchev–Trinajstić information content (AvgIpc) is 3.21. The summed E-state index contributed by atoms with van der Waals surface area (Å²) >= 11 is 3.37. The first kappa shape index (κ1) is 20.7. The second-order valence-electron chi connectivity index (χ2n) is 6.28. The number of hydrogen-bond donors (Lipinski definition) is 1. The lowest BCUT2D eigenvalue weighted by molar-refractivity contribution is -0.124. The number of ether oxygens (including phenoxy) is 2. The van der Waals surface area contributed by atoms with E-state index in [2.05, 4.69) is 21.2 Å². The van der Waals surface area contributed by atoms with Crippen molar-refractivity contribution in [1.82, 2.24) is 5.32 Å². The van der Waals surface area contributed by atoms with Crippen LogP contribution in [-0.4, -0.2) is 18.5 Å². The molecule has 0 spiro atoms. The molecular weight excluding hydrogens is 438 g/mol. The Hall–Kier alpha value is -3.06. The summed E-state index contributed by atoms with van der Waals surface area (Å²) in [6, 6.07) is 19.8. The zero-order chi connectivity index (χ0) is 20.6. The van der Waals surface area contributed by atoms with Gasteiger partial charge in [0.05, 0.1) is 6.04 Å². The van der Waals surface area contributed by atoms with Gasteiger partial charge in [0.1, 0.15) is 18.1 Å². The third-order valence-electron chi connectivity index (χ3n) is 4.07. The SMILES string of the molecule is CC(NC(=O)COC(=O)c1ccc(COc2ccccc2)o1)c1ccc(Br)cc1. The minimum Gasteiger partial charge on any atom is -0.486 e. The van der Waals surface area contributed by atoms with Crippen LogP contribution in [0, 0.1) is 0 Å². The number of carbonyl (C=O) groups is 2. The molecule has 6 nitrogen and oxygen atoms in total. The van der Waals surface area contributed by atoms with E-state index in [1.165, 1.54) is 6.07 Å². The number of furan rings is 1. The zero-order valence-electron chi connectivity index (χ0n) is 15.8. The molecule has 0 saturated carbocycles. The third-order valence-corrected chi connectivity index (χ3v) is 4.60. The molecule has 1 aromatic heterocycles. The van der Waals surface area contributed by atoms with Crippen LogP contribution in [-0.2, 0) is 16.1 Å². The van der Waals surface area contributed by atoms with Gasteiger partial charge < -0.3 is 19.2 Å². The first-order chi connectivity index (χ1) is 14.0. The molecule has 0 bridgehead atoms. The maximum absolute atomic E-state index is 12.1. The second-order valence-corrected chi connectivity index (χ2v) is 7.20. The van der Waals surface area contributed by atoms with Crippen molar-refractivity contribution in [2.45, 2.75) is 19.6 Å². The molecule has 0 aliphatic rings. The quantitative estimate of drug-likeness (QED) is 0.497. The van der Waals surface area contributed by atoms with Crippen molar-refractivity contribution in [3.63, 3.8) is 0 Å². The van der Waals surface area contributed by atoms with Gasteiger partial charge in [0.25, 0.3) is 5.91 Å². The molecule has 0 radical (unpaired) electrons. The van der Waals surface area contributed by atoms with Gasteiger partial charge >= 0.3 is 5.97 Å². The van der Waals surface area contributed by atoms with Crippen molar-refractivity contribution in [2.24, 2.45) is 0 Å². The van der Waals surface area contributed by atoms with Gasteiger partial charge in [-0.15, -0.1) is 0 Å². The van der Waals surface area contributed by atoms with Crippen LogP contribution in [0.1, 0.15) is 34.8 Å². The van der Waals surface area contributed by atoms with Gasteiger partial charge in [-0.2, -0.15) is 0 Å². The molecule has 7 heteroatoms. The maximum atomic E-state index is 12.1. The number of halogens is 1. The van der Waals surface area contributed by atoms with E-state index < -0.39 is 18.5 Å². The van der Waals surface area contributed by atoms with Crippen LogP contribution in [0.4, 0.5) is 0 Å². The van der Waals surface area contributed by atoms with Crippen LogP contribution < -0.4 is 10.1 Å². The number of benzene rings is 2. The van der Waals surface area contributed by atoms with Crippen LogP contribution in [0.2, 0.25) is 0 Å². The zero-order valence-corrected chi connectivity index (χ0v) is 17.3. The van der Waals surface area contributed by atoms with Gasteiger partial charge in [-0.1, -0.05) is 46.3 Å². The fourth-order valence-corrected chi connectivity index (χ4v) is 2.82. The number of nitrogens with one attached hydrogen (secondary N) is 1. The van der Waals surface area contributed by atoms with E-state index in [0.29, 0.717) is 11.5 Å². The van der Waals surface area contributed by atoms with Gasteiger partial charge in [-0.3, -0.25) is 4.79 Å². The first-order valence-electron chi connectivity index (χ1n) is 9.00. The Bertz CT molecular complexity index is 953. The summed E-state index contributed by atoms with van der Waals surface area (Å²) in [5.74, 6) is 0.0968. The van der Waals surface area contributed by atoms with Crippen LogP contribution >= 0.6 is 15.9 Å². The Morgan fingerprint density at radius 2 is 1.76 bits per heavy atom. The Kier molecular flexibility index (Phi) is 7.08. The predicted octanol–water partition coefficient (Wildman–Crippen LogP) is 4.66. The Morgan fingerprint density at radius 1 is 1.03 bits per heavy atom. The van der Waals surface area contributed by atoms with Crippen LogP contribution in [0.5, 0.6) is 5.75 Å². The number of amides is 1. The topological polar surface area (TPSA) is 77.8 Å². The summed E-state index contributed by atoms with van der Waals surface area (Å²) in [6.45, 7) is 1.65. The number of esters is 1. The largest absolute Gasteiger partial charge is 0.486 e. The summed E-state index contributed by atoms with van der Waals surface area (Å²) in [7, 11) is 0. The molecule has 2 aromatic carbocycles. The summed E-state index contributed by atoms with van der Waals surface area (Å²) in [6.07, 6.45) is 0. The van der Waals surface area contributed by atoms with Crippen LogP contribution in [0.3, 0.4) is 0 Å². The standard InChI is InChI=1S/C22H20BrNO5/c1-15(16-7-9-17(23)10-8-16)24-21(25)14-28-22(26)20-12-11-19(29-20)13-27-18-5-3-2-4-6-18/h2-12,15H,13-14H2,1H3,(H,24,25). The molecule has 0 fully saturated rings. The van der Waals surface area contributed by atoms with E-state index in [0.717, 1.165) is 10.0 Å². The highest BCUT2D eigenvalue weighted by molar-refractivity contribution is 9.10. The smallest absolute Gasteiger partial charge is 0.374 e. The van der Waals surface area contributed by atoms with Crippen LogP contribution in [0.15, 0.2) is 75.6 Å². The molecule has 1 heterocycles. The van der Waals surface area contributed by atoms with E-state index in [9.17, 15) is 9.59 Å². The van der Waals surface area contributed by atoms with Gasteiger partial charge in [0.2, 0.25) is 5.76 Å². The van der Waals surface area contributed by atoms with Crippen molar-refractivity contribution < 1.29 is 23.5 Å². The maximum Gasteiger partial charge on any atom is 0.374 e. The normalized spacial score (nSPS) is 11.5. The van der Waals surface area contributed by atoms with E-state index in [1.807, 2.05) is 61.5 Å². The monoisotopic (exact) mass is 457 g/mol. The molecule has 150 valence electrons. The first-order valence-corrected chi connectivity index (χ1v) is 9.79. The number of hydrogen-bond acceptors (Lipinski definition) is 5. The molecule has 1 amide bonds. The Labute approximate surface area is 176 Å². The number of para-hydroxylation sites is 1. The highest BCUT2D eigenvalue weighted by Gasteiger charge is 2.16. The van der Waals surface area contributed by atoms with Crippen molar-refractivity contribution in [3.8, 4) is 5.75 Å². The lowest BCUT2D eigenvalue weighted by Crippen LogP contribution is -2.31. The molecule has 1 unspecified atom stereocenters. The van der Waals surface area contributed by atoms with Crippen molar-refractivity contribution in [1.29, 1.82) is 0 Å². The summed E-state index contributed by atoms with van der Waals surface area (Å²) in [4.78, 5) is 24.1. The number of rotatable bonds is 8. The van der Waals surface area contributed by atoms with E-state index in [4.69, 9.17) is 13.9 Å². The molecular formula is C22H20BrNO5. The van der Waals surface area contributed by atoms with Crippen LogP contribution in [0.25, 0.3) is 0 Å². The Morgan fingerprint density at radius 3 is 2.48 bits per heavy atom. The van der Waals surface area contributed by atoms with Gasteiger partial charge in [0.15, 0.2) is 6.61 Å². The molecule has 1 N–H and O–H groups in total. The minimum atomic E-state index is -0.706. The van der Waals surface area contributed by atoms with Gasteiger partial charge in [-0.25, -0.2) is 4.79 Å². The lowest BCUT2D eigenvalue weighted by Gasteiger charge is -2.14. The van der Waals surface area contributed by atoms with Crippen molar-refractivity contribution in [3.05, 3.63) is 88.3 Å². The summed E-state index contributed by atoms with van der Waals surface area (Å²) in [5.41, 5.74) is 0.946. The lowest BCUT2D eigenvalue weighted by atomic mass is 10.1. The second kappa shape index (κ2) is 9.93. The van der Waals surface area contributed by atoms with E-state index >= 15 is 0 Å². The van der Waals surface area contributed by atoms with Crippen molar-refractivity contribution >= 4 is 27.8 Å². The van der Waals surface area contributed by atoms with E-state index in [-0.39, 0.29) is 18.4 Å². The molecule has 0 aliphatic carbocycles. The fraction of sp³-hybridized carbons (Fsp3) is 0.182. The molecule has 3 aromatic rings. The molecule has 0 saturated heterocycles. The van der Waals surface area contributed by atoms with Gasteiger partial charge in [-0.05, 0) is 48.9 Å². The average molecular weight is 458 g/mol. The Balaban J connectivity index is 1.44.